The summed E-state index contributed by atoms with van der Waals surface area (Å²) < 4.78 is 22.4. The summed E-state index contributed by atoms with van der Waals surface area (Å²) in [5.74, 6) is -0.186. The van der Waals surface area contributed by atoms with Gasteiger partial charge in [0.25, 0.3) is 0 Å². The average Bonchev–Trinajstić information content (AvgIpc) is 1.76. The molecule has 0 saturated carbocycles. The first-order valence-electron chi connectivity index (χ1n) is 28.9. The topological polar surface area (TPSA) is 0 Å². The van der Waals surface area contributed by atoms with Gasteiger partial charge < -0.3 is 0 Å². The molecular weight excluding hydrogens is 1230 g/mol. The van der Waals surface area contributed by atoms with Crippen molar-refractivity contribution in [3.8, 4) is 77.9 Å². The maximum absolute atomic E-state index is 18.1. The third-order valence-corrected chi connectivity index (χ3v) is 23.8. The van der Waals surface area contributed by atoms with E-state index in [-0.39, 0.29) is 5.82 Å². The molecule has 0 unspecified atom stereocenters. The normalized spacial score (nSPS) is 12.4. The van der Waals surface area contributed by atoms with Crippen LogP contribution in [0.25, 0.3) is 175 Å². The van der Waals surface area contributed by atoms with Crippen LogP contribution in [0.4, 0.5) is 4.39 Å². The summed E-state index contributed by atoms with van der Waals surface area (Å²) in [6.45, 7) is 6.75. The van der Waals surface area contributed by atoms with Crippen molar-refractivity contribution < 1.29 is 46.8 Å². The van der Waals surface area contributed by atoms with Crippen LogP contribution in [0, 0.1) is 26.8 Å². The number of rotatable bonds is 9. The summed E-state index contributed by atoms with van der Waals surface area (Å²) in [4.78, 5) is 2.47. The molecule has 83 heavy (non-hydrogen) atoms. The molecule has 0 fully saturated rings. The molecule has 0 nitrogen and oxygen atoms in total. The quantitative estimate of drug-likeness (QED) is 0.0998. The van der Waals surface area contributed by atoms with Gasteiger partial charge in [-0.2, -0.15) is 0 Å². The third kappa shape index (κ3) is 7.07. The molecule has 0 spiro atoms. The Hall–Kier alpha value is -8.23. The van der Waals surface area contributed by atoms with Gasteiger partial charge in [-0.05, 0) is 35.9 Å². The Kier molecular flexibility index (Phi) is 11.2. The molecule has 0 saturated heterocycles. The van der Waals surface area contributed by atoms with Crippen molar-refractivity contribution in [1.29, 1.82) is 0 Å². The molecule has 16 aromatic rings. The van der Waals surface area contributed by atoms with Gasteiger partial charge in [-0.1, -0.05) is 103 Å². The van der Waals surface area contributed by atoms with Crippen molar-refractivity contribution in [3.63, 3.8) is 0 Å². The average molecular weight is 1290 g/mol. The van der Waals surface area contributed by atoms with Crippen LogP contribution >= 0.6 is 0 Å². The minimum absolute atomic E-state index is 0.186. The Morgan fingerprint density at radius 3 is 1.42 bits per heavy atom. The van der Waals surface area contributed by atoms with Crippen molar-refractivity contribution in [1.82, 2.24) is 0 Å². The van der Waals surface area contributed by atoms with Crippen molar-refractivity contribution in [2.24, 2.45) is 0 Å². The Labute approximate surface area is 502 Å². The molecule has 3 heteroatoms. The second kappa shape index (κ2) is 18.9. The Balaban J connectivity index is 0.888. The van der Waals surface area contributed by atoms with Crippen molar-refractivity contribution in [2.45, 2.75) is 27.2 Å². The monoisotopic (exact) mass is 1290 g/mol. The van der Waals surface area contributed by atoms with Crippen molar-refractivity contribution in [3.05, 3.63) is 249 Å². The SMILES string of the molecule is CCC[I-]c1c2c3cccc4c(-c5ccc(-c6cc(C)cc7cc(C)ccc67)c6ccccc56)ccc(c2c([I-]C)c2c5ccc(-c6c(F)cc7c8c(cccc68)-c6c(-c8ccccc8)ccc(-c8ccccc8)c6-7)c6cccc(c12)c65)c43. The Morgan fingerprint density at radius 1 is 0.313 bits per heavy atom. The molecule has 396 valence electrons. The minimum atomic E-state index is -0.416. The van der Waals surface area contributed by atoms with Crippen molar-refractivity contribution in [2.75, 3.05) is 9.36 Å². The van der Waals surface area contributed by atoms with E-state index in [4.69, 9.17) is 0 Å². The molecular formula is C80H53FI2-2. The predicted octanol–water partition coefficient (Wildman–Crippen LogP) is 16.2. The summed E-state index contributed by atoms with van der Waals surface area (Å²) >= 11 is -0.807. The molecule has 0 atom stereocenters. The molecule has 0 aliphatic heterocycles. The molecule has 0 N–H and O–H groups in total. The van der Waals surface area contributed by atoms with Gasteiger partial charge in [-0.15, -0.1) is 0 Å². The van der Waals surface area contributed by atoms with Crippen LogP contribution in [0.2, 0.25) is 0 Å². The van der Waals surface area contributed by atoms with Gasteiger partial charge in [0.2, 0.25) is 0 Å². The van der Waals surface area contributed by atoms with Gasteiger partial charge in [-0.3, -0.25) is 0 Å². The standard InChI is InChI=1S/C80H53FI2/c1-5-39-83-80-77-62-27-14-23-57-55(54-33-34-56(53-22-13-12-21-52(53)54)66-42-45(3)41-48-40-44(2)29-30-49(48)66)35-37-64(69(57)62)75(77)79(82-4)76-65-38-36-59(58-24-15-28-63(70(58)65)78(76)80)72-60-25-16-26-61-71(60)67(43-68(72)81)74-51(47-19-10-7-11-20-47)32-31-50(73(61)74)46-17-8-6-9-18-46/h6-38,40-43H,5,39H2,1-4H3/q-2. The van der Waals surface area contributed by atoms with Crippen LogP contribution in [0.5, 0.6) is 0 Å². The molecule has 17 rings (SSSR count). The zero-order valence-electron chi connectivity index (χ0n) is 46.4. The summed E-state index contributed by atoms with van der Waals surface area (Å²) in [5.41, 5.74) is 18.3. The van der Waals surface area contributed by atoms with Gasteiger partial charge in [0.05, 0.1) is 0 Å². The van der Waals surface area contributed by atoms with E-state index in [1.807, 2.05) is 6.07 Å². The van der Waals surface area contributed by atoms with Crippen LogP contribution in [0.1, 0.15) is 24.5 Å². The molecule has 0 bridgehead atoms. The first kappa shape index (κ1) is 49.4. The number of hydrogen-bond donors (Lipinski definition) is 0. The first-order valence-corrected chi connectivity index (χ1v) is 34.8. The van der Waals surface area contributed by atoms with Crippen molar-refractivity contribution >= 4 is 97.0 Å². The molecule has 1 aliphatic carbocycles. The number of halogens is 3. The fourth-order valence-electron chi connectivity index (χ4n) is 15.0. The van der Waals surface area contributed by atoms with E-state index < -0.39 is 42.4 Å². The summed E-state index contributed by atoms with van der Waals surface area (Å²) in [7, 11) is 0. The van der Waals surface area contributed by atoms with E-state index >= 15 is 4.39 Å². The van der Waals surface area contributed by atoms with E-state index in [2.05, 4.69) is 244 Å². The second-order valence-corrected chi connectivity index (χ2v) is 27.9. The van der Waals surface area contributed by atoms with Gasteiger partial charge in [0.1, 0.15) is 0 Å². The zero-order chi connectivity index (χ0) is 55.4. The van der Waals surface area contributed by atoms with E-state index in [9.17, 15) is 0 Å². The summed E-state index contributed by atoms with van der Waals surface area (Å²) in [6, 6.07) is 83.2. The van der Waals surface area contributed by atoms with Gasteiger partial charge in [-0.25, -0.2) is 0 Å². The number of aryl methyl sites for hydroxylation is 2. The number of fused-ring (bicyclic) bond motifs is 11. The van der Waals surface area contributed by atoms with E-state index in [0.29, 0.717) is 5.56 Å². The fraction of sp³-hybridized carbons (Fsp3) is 0.0750. The number of hydrogen-bond acceptors (Lipinski definition) is 0. The Morgan fingerprint density at radius 2 is 0.783 bits per heavy atom. The number of alkyl halides is 2. The molecule has 0 heterocycles. The van der Waals surface area contributed by atoms with Gasteiger partial charge in [0, 0.05) is 0 Å². The van der Waals surface area contributed by atoms with Crippen LogP contribution in [-0.4, -0.2) is 9.36 Å². The van der Waals surface area contributed by atoms with Gasteiger partial charge in [0.15, 0.2) is 0 Å². The van der Waals surface area contributed by atoms with E-state index in [1.54, 1.807) is 3.57 Å². The molecule has 1 aliphatic rings. The predicted molar refractivity (Wildman–Crippen MR) is 346 cm³/mol. The Bertz CT molecular complexity index is 5420. The van der Waals surface area contributed by atoms with Crippen LogP contribution < -0.4 is 42.4 Å². The number of benzene rings is 14. The first-order chi connectivity index (χ1) is 40.9. The molecule has 16 aromatic carbocycles. The van der Waals surface area contributed by atoms with E-state index in [0.717, 1.165) is 67.1 Å². The van der Waals surface area contributed by atoms with Crippen LogP contribution in [-0.2, 0) is 0 Å². The third-order valence-electron chi connectivity index (χ3n) is 18.2. The molecule has 0 amide bonds. The van der Waals surface area contributed by atoms with Crippen LogP contribution in [0.3, 0.4) is 0 Å². The summed E-state index contributed by atoms with van der Waals surface area (Å²) in [6.07, 6.45) is 1.15. The molecule has 0 aromatic heterocycles. The molecule has 0 radical (unpaired) electrons. The van der Waals surface area contributed by atoms with Gasteiger partial charge >= 0.3 is 368 Å². The second-order valence-electron chi connectivity index (χ2n) is 22.8. The zero-order valence-corrected chi connectivity index (χ0v) is 50.7. The van der Waals surface area contributed by atoms with E-state index in [1.165, 1.54) is 128 Å². The fourth-order valence-corrected chi connectivity index (χ4v) is 20.1. The van der Waals surface area contributed by atoms with Crippen LogP contribution in [0.15, 0.2) is 224 Å². The summed E-state index contributed by atoms with van der Waals surface area (Å²) in [5, 5.41) is 23.5. The maximum atomic E-state index is 18.1.